The molecule has 1 fully saturated rings. The van der Waals surface area contributed by atoms with Crippen LogP contribution in [0.5, 0.6) is 0 Å². The van der Waals surface area contributed by atoms with E-state index in [0.29, 0.717) is 5.69 Å². The third-order valence-corrected chi connectivity index (χ3v) is 3.93. The molecular formula is C19H18N2O4. The van der Waals surface area contributed by atoms with Gasteiger partial charge in [-0.1, -0.05) is 36.4 Å². The number of nitrogens with one attached hydrogen (secondary N) is 1. The molecular weight excluding hydrogens is 320 g/mol. The molecule has 0 unspecified atom stereocenters. The third-order valence-electron chi connectivity index (χ3n) is 3.93. The lowest BCUT2D eigenvalue weighted by Gasteiger charge is -2.16. The largest absolute Gasteiger partial charge is 0.455 e. The molecule has 1 N–H and O–H groups in total. The molecule has 25 heavy (non-hydrogen) atoms. The highest BCUT2D eigenvalue weighted by Crippen LogP contribution is 2.25. The summed E-state index contributed by atoms with van der Waals surface area (Å²) < 4.78 is 5.06. The first-order chi connectivity index (χ1) is 12.1. The molecule has 6 nitrogen and oxygen atoms in total. The molecule has 1 atom stereocenters. The summed E-state index contributed by atoms with van der Waals surface area (Å²) in [6.07, 6.45) is 0.0913. The SMILES string of the molecule is O=C(COC(=O)[C@@H]1CC(=O)N(c2ccccc2)C1)Nc1ccccc1. The molecule has 6 heteroatoms. The molecule has 1 saturated heterocycles. The minimum Gasteiger partial charge on any atom is -0.455 e. The number of amides is 2. The van der Waals surface area contributed by atoms with Crippen molar-refractivity contribution in [2.24, 2.45) is 5.92 Å². The second kappa shape index (κ2) is 7.61. The highest BCUT2D eigenvalue weighted by molar-refractivity contribution is 6.00. The third kappa shape index (κ3) is 4.23. The van der Waals surface area contributed by atoms with Gasteiger partial charge >= 0.3 is 5.97 Å². The van der Waals surface area contributed by atoms with Crippen molar-refractivity contribution in [2.45, 2.75) is 6.42 Å². The number of ether oxygens (including phenoxy) is 1. The van der Waals surface area contributed by atoms with Crippen molar-refractivity contribution in [1.82, 2.24) is 0 Å². The first-order valence-electron chi connectivity index (χ1n) is 8.00. The van der Waals surface area contributed by atoms with Crippen LogP contribution in [0, 0.1) is 5.92 Å². The predicted octanol–water partition coefficient (Wildman–Crippen LogP) is 2.22. The maximum atomic E-state index is 12.1. The summed E-state index contributed by atoms with van der Waals surface area (Å²) in [5.74, 6) is -1.63. The van der Waals surface area contributed by atoms with Gasteiger partial charge in [-0.2, -0.15) is 0 Å². The summed E-state index contributed by atoms with van der Waals surface area (Å²) >= 11 is 0. The zero-order chi connectivity index (χ0) is 17.6. The van der Waals surface area contributed by atoms with Crippen molar-refractivity contribution in [3.05, 3.63) is 60.7 Å². The van der Waals surface area contributed by atoms with Gasteiger partial charge in [0, 0.05) is 24.3 Å². The van der Waals surface area contributed by atoms with Crippen molar-refractivity contribution >= 4 is 29.2 Å². The molecule has 0 radical (unpaired) electrons. The van der Waals surface area contributed by atoms with Gasteiger partial charge < -0.3 is 15.0 Å². The molecule has 3 rings (SSSR count). The highest BCUT2D eigenvalue weighted by Gasteiger charge is 2.36. The van der Waals surface area contributed by atoms with E-state index in [-0.39, 0.29) is 25.5 Å². The van der Waals surface area contributed by atoms with Crippen LogP contribution in [0.3, 0.4) is 0 Å². The fourth-order valence-electron chi connectivity index (χ4n) is 2.70. The van der Waals surface area contributed by atoms with Crippen molar-refractivity contribution in [3.63, 3.8) is 0 Å². The van der Waals surface area contributed by atoms with Crippen LogP contribution >= 0.6 is 0 Å². The Bertz CT molecular complexity index is 762. The molecule has 1 aliphatic rings. The Morgan fingerprint density at radius 2 is 1.68 bits per heavy atom. The van der Waals surface area contributed by atoms with Crippen molar-refractivity contribution in [2.75, 3.05) is 23.4 Å². The molecule has 1 aliphatic heterocycles. The van der Waals surface area contributed by atoms with E-state index in [1.54, 1.807) is 29.2 Å². The van der Waals surface area contributed by atoms with Gasteiger partial charge in [0.1, 0.15) is 0 Å². The number of anilines is 2. The van der Waals surface area contributed by atoms with Crippen molar-refractivity contribution < 1.29 is 19.1 Å². The van der Waals surface area contributed by atoms with Gasteiger partial charge in [0.15, 0.2) is 6.61 Å². The van der Waals surface area contributed by atoms with E-state index in [1.807, 2.05) is 36.4 Å². The summed E-state index contributed by atoms with van der Waals surface area (Å²) in [4.78, 5) is 37.6. The fraction of sp³-hybridized carbons (Fsp3) is 0.211. The Kier molecular flexibility index (Phi) is 5.09. The van der Waals surface area contributed by atoms with Crippen LogP contribution < -0.4 is 10.2 Å². The van der Waals surface area contributed by atoms with E-state index in [4.69, 9.17) is 4.74 Å². The standard InChI is InChI=1S/C19H18N2O4/c22-17(20-15-7-3-1-4-8-15)13-25-19(24)14-11-18(23)21(12-14)16-9-5-2-6-10-16/h1-10,14H,11-13H2,(H,20,22)/t14-/m1/s1. The first kappa shape index (κ1) is 16.7. The van der Waals surface area contributed by atoms with E-state index in [9.17, 15) is 14.4 Å². The monoisotopic (exact) mass is 338 g/mol. The maximum absolute atomic E-state index is 12.1. The summed E-state index contributed by atoms with van der Waals surface area (Å²) in [6, 6.07) is 18.1. The Balaban J connectivity index is 1.50. The number of rotatable bonds is 5. The van der Waals surface area contributed by atoms with Crippen LogP contribution in [0.4, 0.5) is 11.4 Å². The number of benzene rings is 2. The van der Waals surface area contributed by atoms with Crippen LogP contribution in [0.25, 0.3) is 0 Å². The second-order valence-corrected chi connectivity index (χ2v) is 5.76. The Morgan fingerprint density at radius 3 is 2.36 bits per heavy atom. The molecule has 1 heterocycles. The summed E-state index contributed by atoms with van der Waals surface area (Å²) in [5, 5.41) is 2.64. The number of carbonyl (C=O) groups is 3. The maximum Gasteiger partial charge on any atom is 0.311 e. The molecule has 0 saturated carbocycles. The van der Waals surface area contributed by atoms with Crippen LogP contribution in [0.1, 0.15) is 6.42 Å². The zero-order valence-electron chi connectivity index (χ0n) is 13.6. The van der Waals surface area contributed by atoms with Gasteiger partial charge in [0.2, 0.25) is 5.91 Å². The zero-order valence-corrected chi connectivity index (χ0v) is 13.6. The van der Waals surface area contributed by atoms with Crippen LogP contribution in [-0.2, 0) is 19.1 Å². The Morgan fingerprint density at radius 1 is 1.04 bits per heavy atom. The van der Waals surface area contributed by atoms with E-state index in [2.05, 4.69) is 5.32 Å². The molecule has 0 aromatic heterocycles. The first-order valence-corrected chi connectivity index (χ1v) is 8.00. The molecule has 0 spiro atoms. The van der Waals surface area contributed by atoms with Crippen LogP contribution in [-0.4, -0.2) is 30.9 Å². The number of esters is 1. The smallest absolute Gasteiger partial charge is 0.311 e. The Hall–Kier alpha value is -3.15. The lowest BCUT2D eigenvalue weighted by atomic mass is 10.1. The summed E-state index contributed by atoms with van der Waals surface area (Å²) in [7, 11) is 0. The number of carbonyl (C=O) groups excluding carboxylic acids is 3. The van der Waals surface area contributed by atoms with Crippen molar-refractivity contribution in [3.8, 4) is 0 Å². The molecule has 2 aromatic rings. The van der Waals surface area contributed by atoms with E-state index >= 15 is 0 Å². The topological polar surface area (TPSA) is 75.7 Å². The quantitative estimate of drug-likeness (QED) is 0.848. The number of hydrogen-bond donors (Lipinski definition) is 1. The molecule has 0 bridgehead atoms. The van der Waals surface area contributed by atoms with E-state index in [1.165, 1.54) is 0 Å². The normalized spacial score (nSPS) is 16.6. The Labute approximate surface area is 145 Å². The second-order valence-electron chi connectivity index (χ2n) is 5.76. The predicted molar refractivity (Wildman–Crippen MR) is 92.9 cm³/mol. The van der Waals surface area contributed by atoms with Crippen LogP contribution in [0.15, 0.2) is 60.7 Å². The molecule has 128 valence electrons. The number of nitrogens with zero attached hydrogens (tertiary/aromatic N) is 1. The lowest BCUT2D eigenvalue weighted by Crippen LogP contribution is -2.28. The lowest BCUT2D eigenvalue weighted by molar-refractivity contribution is -0.151. The van der Waals surface area contributed by atoms with Gasteiger partial charge in [0.25, 0.3) is 5.91 Å². The molecule has 0 aliphatic carbocycles. The van der Waals surface area contributed by atoms with Gasteiger partial charge in [-0.3, -0.25) is 14.4 Å². The van der Waals surface area contributed by atoms with Gasteiger partial charge in [-0.25, -0.2) is 0 Å². The van der Waals surface area contributed by atoms with Gasteiger partial charge in [-0.05, 0) is 24.3 Å². The minimum atomic E-state index is -0.558. The van der Waals surface area contributed by atoms with Crippen molar-refractivity contribution in [1.29, 1.82) is 0 Å². The number of para-hydroxylation sites is 2. The number of hydrogen-bond acceptors (Lipinski definition) is 4. The average molecular weight is 338 g/mol. The van der Waals surface area contributed by atoms with E-state index < -0.39 is 17.8 Å². The molecule has 2 aromatic carbocycles. The highest BCUT2D eigenvalue weighted by atomic mass is 16.5. The minimum absolute atomic E-state index is 0.0913. The summed E-state index contributed by atoms with van der Waals surface area (Å²) in [6.45, 7) is -0.105. The molecule has 2 amide bonds. The summed E-state index contributed by atoms with van der Waals surface area (Å²) in [5.41, 5.74) is 1.39. The fourth-order valence-corrected chi connectivity index (χ4v) is 2.70. The van der Waals surface area contributed by atoms with Gasteiger partial charge in [0.05, 0.1) is 5.92 Å². The van der Waals surface area contributed by atoms with E-state index in [0.717, 1.165) is 5.69 Å². The van der Waals surface area contributed by atoms with Crippen LogP contribution in [0.2, 0.25) is 0 Å². The average Bonchev–Trinajstić information content (AvgIpc) is 3.03. The van der Waals surface area contributed by atoms with Gasteiger partial charge in [-0.15, -0.1) is 0 Å².